The molecule has 5 nitrogen and oxygen atoms in total. The second kappa shape index (κ2) is 5.53. The van der Waals surface area contributed by atoms with Crippen molar-refractivity contribution in [2.45, 2.75) is 24.7 Å². The van der Waals surface area contributed by atoms with E-state index < -0.39 is 15.8 Å². The van der Waals surface area contributed by atoms with E-state index >= 15 is 0 Å². The number of anilines is 1. The highest BCUT2D eigenvalue weighted by Gasteiger charge is 2.20. The summed E-state index contributed by atoms with van der Waals surface area (Å²) in [6.07, 6.45) is 0. The van der Waals surface area contributed by atoms with E-state index in [0.717, 1.165) is 12.1 Å². The average molecular weight is 363 g/mol. The van der Waals surface area contributed by atoms with Crippen LogP contribution in [0.3, 0.4) is 0 Å². The summed E-state index contributed by atoms with van der Waals surface area (Å²) < 4.78 is 44.6. The zero-order chi connectivity index (χ0) is 14.9. The molecule has 0 atom stereocenters. The van der Waals surface area contributed by atoms with Gasteiger partial charge in [-0.3, -0.25) is 0 Å². The lowest BCUT2D eigenvalue weighted by Crippen LogP contribution is -2.13. The van der Waals surface area contributed by atoms with Crippen molar-refractivity contribution in [2.75, 3.05) is 4.72 Å². The second-order valence-corrected chi connectivity index (χ2v) is 6.96. The Hall–Kier alpha value is -1.41. The SMILES string of the molecule is CC(C)c1cc(NS(=O)(=O)c2ccc(F)cc2Br)on1. The van der Waals surface area contributed by atoms with Crippen LogP contribution >= 0.6 is 15.9 Å². The summed E-state index contributed by atoms with van der Waals surface area (Å²) in [6.45, 7) is 3.82. The van der Waals surface area contributed by atoms with Gasteiger partial charge in [0.1, 0.15) is 10.7 Å². The Labute approximate surface area is 124 Å². The number of hydrogen-bond donors (Lipinski definition) is 1. The fraction of sp³-hybridized carbons (Fsp3) is 0.250. The zero-order valence-corrected chi connectivity index (χ0v) is 13.1. The summed E-state index contributed by atoms with van der Waals surface area (Å²) in [5.41, 5.74) is 0.640. The molecule has 2 aromatic rings. The zero-order valence-electron chi connectivity index (χ0n) is 10.7. The highest BCUT2D eigenvalue weighted by molar-refractivity contribution is 9.10. The quantitative estimate of drug-likeness (QED) is 0.903. The molecule has 20 heavy (non-hydrogen) atoms. The Balaban J connectivity index is 2.30. The Kier molecular flexibility index (Phi) is 4.14. The molecule has 108 valence electrons. The number of nitrogens with zero attached hydrogens (tertiary/aromatic N) is 1. The Bertz CT molecular complexity index is 728. The first-order valence-electron chi connectivity index (χ1n) is 5.74. The van der Waals surface area contributed by atoms with Gasteiger partial charge in [0, 0.05) is 10.5 Å². The number of benzene rings is 1. The highest BCUT2D eigenvalue weighted by atomic mass is 79.9. The summed E-state index contributed by atoms with van der Waals surface area (Å²) in [4.78, 5) is -0.0820. The van der Waals surface area contributed by atoms with E-state index in [4.69, 9.17) is 4.52 Å². The van der Waals surface area contributed by atoms with Crippen LogP contribution in [-0.4, -0.2) is 13.6 Å². The van der Waals surface area contributed by atoms with Crippen molar-refractivity contribution in [1.82, 2.24) is 5.16 Å². The van der Waals surface area contributed by atoms with Crippen molar-refractivity contribution in [3.05, 3.63) is 40.2 Å². The first-order valence-corrected chi connectivity index (χ1v) is 8.01. The highest BCUT2D eigenvalue weighted by Crippen LogP contribution is 2.26. The molecule has 1 heterocycles. The van der Waals surface area contributed by atoms with Gasteiger partial charge in [0.25, 0.3) is 10.0 Å². The van der Waals surface area contributed by atoms with Crippen molar-refractivity contribution in [3.8, 4) is 0 Å². The number of nitrogens with one attached hydrogen (secondary N) is 1. The summed E-state index contributed by atoms with van der Waals surface area (Å²) in [6, 6.07) is 4.83. The fourth-order valence-electron chi connectivity index (χ4n) is 1.49. The number of halogens is 2. The maximum atomic E-state index is 13.0. The van der Waals surface area contributed by atoms with Gasteiger partial charge in [0.15, 0.2) is 0 Å². The predicted molar refractivity (Wildman–Crippen MR) is 75.5 cm³/mol. The Morgan fingerprint density at radius 1 is 1.35 bits per heavy atom. The molecule has 0 saturated heterocycles. The van der Waals surface area contributed by atoms with Gasteiger partial charge < -0.3 is 4.52 Å². The molecule has 1 aromatic heterocycles. The molecule has 8 heteroatoms. The van der Waals surface area contributed by atoms with Gasteiger partial charge in [-0.05, 0) is 40.0 Å². The molecule has 0 fully saturated rings. The van der Waals surface area contributed by atoms with Gasteiger partial charge in [-0.25, -0.2) is 17.5 Å². The van der Waals surface area contributed by atoms with Crippen LogP contribution in [0.15, 0.2) is 38.2 Å². The lowest BCUT2D eigenvalue weighted by Gasteiger charge is -2.06. The van der Waals surface area contributed by atoms with Crippen LogP contribution < -0.4 is 4.72 Å². The lowest BCUT2D eigenvalue weighted by atomic mass is 10.1. The number of aromatic nitrogens is 1. The third kappa shape index (κ3) is 3.18. The fourth-order valence-corrected chi connectivity index (χ4v) is 3.51. The minimum Gasteiger partial charge on any atom is -0.338 e. The van der Waals surface area contributed by atoms with Crippen molar-refractivity contribution < 1.29 is 17.3 Å². The summed E-state index contributed by atoms with van der Waals surface area (Å²) in [7, 11) is -3.87. The molecule has 0 saturated carbocycles. The monoisotopic (exact) mass is 362 g/mol. The molecular formula is C12H12BrFN2O3S. The summed E-state index contributed by atoms with van der Waals surface area (Å²) in [5, 5.41) is 3.76. The molecule has 0 spiro atoms. The van der Waals surface area contributed by atoms with Crippen molar-refractivity contribution in [3.63, 3.8) is 0 Å². The van der Waals surface area contributed by atoms with Crippen LogP contribution in [0.25, 0.3) is 0 Å². The van der Waals surface area contributed by atoms with E-state index in [1.165, 1.54) is 12.1 Å². The largest absolute Gasteiger partial charge is 0.338 e. The minimum atomic E-state index is -3.87. The molecule has 1 aromatic carbocycles. The van der Waals surface area contributed by atoms with Crippen LogP contribution in [0.4, 0.5) is 10.3 Å². The van der Waals surface area contributed by atoms with Crippen LogP contribution in [0.1, 0.15) is 25.5 Å². The van der Waals surface area contributed by atoms with Gasteiger partial charge in [-0.1, -0.05) is 19.0 Å². The minimum absolute atomic E-state index is 0.0184. The van der Waals surface area contributed by atoms with E-state index in [2.05, 4.69) is 25.8 Å². The molecule has 0 aliphatic heterocycles. The second-order valence-electron chi connectivity index (χ2n) is 4.45. The van der Waals surface area contributed by atoms with Gasteiger partial charge in [-0.15, -0.1) is 0 Å². The van der Waals surface area contributed by atoms with Crippen LogP contribution in [0.2, 0.25) is 0 Å². The van der Waals surface area contributed by atoms with E-state index in [-0.39, 0.29) is 21.2 Å². The van der Waals surface area contributed by atoms with E-state index in [0.29, 0.717) is 5.69 Å². The molecule has 0 radical (unpaired) electrons. The number of rotatable bonds is 4. The first-order chi connectivity index (χ1) is 9.29. The van der Waals surface area contributed by atoms with E-state index in [1.807, 2.05) is 13.8 Å². The number of hydrogen-bond acceptors (Lipinski definition) is 4. The van der Waals surface area contributed by atoms with Crippen molar-refractivity contribution in [2.24, 2.45) is 0 Å². The van der Waals surface area contributed by atoms with Crippen molar-refractivity contribution >= 4 is 31.8 Å². The molecule has 1 N–H and O–H groups in total. The number of sulfonamides is 1. The molecule has 0 unspecified atom stereocenters. The first kappa shape index (κ1) is 15.0. The normalized spacial score (nSPS) is 11.8. The third-order valence-electron chi connectivity index (χ3n) is 2.54. The van der Waals surface area contributed by atoms with Crippen LogP contribution in [0.5, 0.6) is 0 Å². The average Bonchev–Trinajstić information content (AvgIpc) is 2.76. The Morgan fingerprint density at radius 2 is 2.05 bits per heavy atom. The standard InChI is InChI=1S/C12H12BrFN2O3S/c1-7(2)10-6-12(19-15-10)16-20(17,18)11-4-3-8(14)5-9(11)13/h3-7,16H,1-2H3. The van der Waals surface area contributed by atoms with E-state index in [9.17, 15) is 12.8 Å². The molecule has 0 bridgehead atoms. The molecular weight excluding hydrogens is 351 g/mol. The molecule has 0 amide bonds. The van der Waals surface area contributed by atoms with Gasteiger partial charge in [0.2, 0.25) is 5.88 Å². The summed E-state index contributed by atoms with van der Waals surface area (Å²) in [5.74, 6) is -0.392. The van der Waals surface area contributed by atoms with Crippen molar-refractivity contribution in [1.29, 1.82) is 0 Å². The third-order valence-corrected chi connectivity index (χ3v) is 4.86. The van der Waals surface area contributed by atoms with E-state index in [1.54, 1.807) is 0 Å². The van der Waals surface area contributed by atoms with Gasteiger partial charge in [0.05, 0.1) is 5.69 Å². The molecule has 2 rings (SSSR count). The van der Waals surface area contributed by atoms with Crippen LogP contribution in [0, 0.1) is 5.82 Å². The summed E-state index contributed by atoms with van der Waals surface area (Å²) >= 11 is 3.02. The molecule has 0 aliphatic carbocycles. The van der Waals surface area contributed by atoms with Gasteiger partial charge >= 0.3 is 0 Å². The lowest BCUT2D eigenvalue weighted by molar-refractivity contribution is 0.423. The van der Waals surface area contributed by atoms with Crippen LogP contribution in [-0.2, 0) is 10.0 Å². The Morgan fingerprint density at radius 3 is 2.60 bits per heavy atom. The maximum absolute atomic E-state index is 13.0. The maximum Gasteiger partial charge on any atom is 0.265 e. The predicted octanol–water partition coefficient (Wildman–Crippen LogP) is 3.50. The van der Waals surface area contributed by atoms with Gasteiger partial charge in [-0.2, -0.15) is 0 Å². The topological polar surface area (TPSA) is 72.2 Å². The smallest absolute Gasteiger partial charge is 0.265 e. The molecule has 0 aliphatic rings.